The Morgan fingerprint density at radius 2 is 1.42 bits per heavy atom. The molecule has 0 amide bonds. The number of hydrogen-bond acceptors (Lipinski definition) is 4. The molecule has 3 aromatic carbocycles. The molecular formula is C28H28N4O. The van der Waals surface area contributed by atoms with Crippen molar-refractivity contribution in [3.8, 4) is 0 Å². The Labute approximate surface area is 194 Å². The highest BCUT2D eigenvalue weighted by Crippen LogP contribution is 2.29. The summed E-state index contributed by atoms with van der Waals surface area (Å²) in [6.07, 6.45) is 0.585. The first kappa shape index (κ1) is 21.2. The second kappa shape index (κ2) is 9.04. The van der Waals surface area contributed by atoms with Crippen LogP contribution in [0.15, 0.2) is 89.7 Å². The number of benzene rings is 3. The number of aryl methyl sites for hydroxylation is 2. The van der Waals surface area contributed by atoms with Gasteiger partial charge in [-0.25, -0.2) is 4.98 Å². The monoisotopic (exact) mass is 436 g/mol. The number of nitrogens with zero attached hydrogens (tertiary/aromatic N) is 4. The summed E-state index contributed by atoms with van der Waals surface area (Å²) < 4.78 is 1.83. The second-order valence-electron chi connectivity index (χ2n) is 8.73. The van der Waals surface area contributed by atoms with Crippen LogP contribution in [0.25, 0.3) is 0 Å². The van der Waals surface area contributed by atoms with Gasteiger partial charge < -0.3 is 0 Å². The van der Waals surface area contributed by atoms with Gasteiger partial charge in [-0.1, -0.05) is 78.4 Å². The summed E-state index contributed by atoms with van der Waals surface area (Å²) in [5.41, 5.74) is 6.18. The molecular weight excluding hydrogens is 408 g/mol. The number of hydrogen-bond donors (Lipinski definition) is 0. The van der Waals surface area contributed by atoms with E-state index in [1.165, 1.54) is 11.1 Å². The minimum Gasteiger partial charge on any atom is -0.298 e. The Hall–Kier alpha value is -3.70. The van der Waals surface area contributed by atoms with Gasteiger partial charge in [-0.2, -0.15) is 0 Å². The molecule has 1 aliphatic heterocycles. The fraction of sp³-hybridized carbons (Fsp3) is 0.214. The van der Waals surface area contributed by atoms with Gasteiger partial charge in [-0.15, -0.1) is 0 Å². The van der Waals surface area contributed by atoms with Gasteiger partial charge in [-0.3, -0.25) is 19.2 Å². The first-order chi connectivity index (χ1) is 16.1. The Kier molecular flexibility index (Phi) is 5.80. The summed E-state index contributed by atoms with van der Waals surface area (Å²) in [5.74, 6) is 0.711. The molecule has 0 radical (unpaired) electrons. The lowest BCUT2D eigenvalue weighted by molar-refractivity contribution is 0.190. The summed E-state index contributed by atoms with van der Waals surface area (Å²) in [6.45, 7) is 5.97. The van der Waals surface area contributed by atoms with Crippen molar-refractivity contribution in [1.29, 1.82) is 0 Å². The SMILES string of the molecule is Cc1ccc(N2CN(Cc3ccccc3)Cn3c2nc(C)c(Cc2ccccc2)c3=O)cc1. The zero-order valence-electron chi connectivity index (χ0n) is 19.1. The predicted octanol–water partition coefficient (Wildman–Crippen LogP) is 5.02. The van der Waals surface area contributed by atoms with E-state index in [2.05, 4.69) is 77.4 Å². The molecule has 4 aromatic rings. The van der Waals surface area contributed by atoms with E-state index in [1.807, 2.05) is 35.8 Å². The molecule has 5 nitrogen and oxygen atoms in total. The molecule has 0 saturated carbocycles. The molecule has 1 aliphatic rings. The van der Waals surface area contributed by atoms with Gasteiger partial charge in [0, 0.05) is 24.2 Å². The van der Waals surface area contributed by atoms with Crippen LogP contribution in [-0.2, 0) is 19.6 Å². The van der Waals surface area contributed by atoms with Crippen molar-refractivity contribution in [2.75, 3.05) is 11.6 Å². The normalized spacial score (nSPS) is 13.7. The molecule has 33 heavy (non-hydrogen) atoms. The van der Waals surface area contributed by atoms with Crippen LogP contribution in [0.5, 0.6) is 0 Å². The summed E-state index contributed by atoms with van der Waals surface area (Å²) in [4.78, 5) is 23.1. The van der Waals surface area contributed by atoms with Gasteiger partial charge in [-0.05, 0) is 37.1 Å². The molecule has 0 atom stereocenters. The molecule has 0 unspecified atom stereocenters. The van der Waals surface area contributed by atoms with Crippen LogP contribution in [-0.4, -0.2) is 21.1 Å². The van der Waals surface area contributed by atoms with Crippen LogP contribution in [0.4, 0.5) is 11.6 Å². The minimum atomic E-state index is 0.0382. The minimum absolute atomic E-state index is 0.0382. The van der Waals surface area contributed by atoms with Crippen molar-refractivity contribution in [2.24, 2.45) is 0 Å². The molecule has 1 aromatic heterocycles. The van der Waals surface area contributed by atoms with Crippen LogP contribution in [0.3, 0.4) is 0 Å². The first-order valence-corrected chi connectivity index (χ1v) is 11.3. The maximum absolute atomic E-state index is 13.7. The van der Waals surface area contributed by atoms with Gasteiger partial charge in [0.1, 0.15) is 0 Å². The average Bonchev–Trinajstić information content (AvgIpc) is 2.84. The Morgan fingerprint density at radius 3 is 2.09 bits per heavy atom. The van der Waals surface area contributed by atoms with Crippen molar-refractivity contribution >= 4 is 11.6 Å². The molecule has 0 spiro atoms. The third kappa shape index (κ3) is 4.45. The van der Waals surface area contributed by atoms with E-state index in [0.29, 0.717) is 25.7 Å². The molecule has 166 valence electrons. The lowest BCUT2D eigenvalue weighted by Gasteiger charge is -2.38. The predicted molar refractivity (Wildman–Crippen MR) is 133 cm³/mol. The average molecular weight is 437 g/mol. The van der Waals surface area contributed by atoms with Crippen LogP contribution < -0.4 is 10.5 Å². The zero-order valence-corrected chi connectivity index (χ0v) is 19.1. The fourth-order valence-corrected chi connectivity index (χ4v) is 4.39. The largest absolute Gasteiger partial charge is 0.298 e. The highest BCUT2D eigenvalue weighted by Gasteiger charge is 2.28. The van der Waals surface area contributed by atoms with Crippen LogP contribution in [0.2, 0.25) is 0 Å². The summed E-state index contributed by atoms with van der Waals surface area (Å²) in [6, 6.07) is 28.9. The summed E-state index contributed by atoms with van der Waals surface area (Å²) in [5, 5.41) is 0. The van der Waals surface area contributed by atoms with Crippen molar-refractivity contribution in [3.63, 3.8) is 0 Å². The molecule has 2 heterocycles. The van der Waals surface area contributed by atoms with Crippen molar-refractivity contribution < 1.29 is 0 Å². The summed E-state index contributed by atoms with van der Waals surface area (Å²) >= 11 is 0. The molecule has 0 fully saturated rings. The molecule has 0 aliphatic carbocycles. The quantitative estimate of drug-likeness (QED) is 0.441. The molecule has 0 saturated heterocycles. The number of rotatable bonds is 5. The molecule has 0 N–H and O–H groups in total. The highest BCUT2D eigenvalue weighted by atomic mass is 16.1. The van der Waals surface area contributed by atoms with Crippen molar-refractivity contribution in [1.82, 2.24) is 14.5 Å². The van der Waals surface area contributed by atoms with Crippen LogP contribution in [0.1, 0.15) is 27.9 Å². The molecule has 0 bridgehead atoms. The van der Waals surface area contributed by atoms with Gasteiger partial charge in [0.05, 0.1) is 19.0 Å². The van der Waals surface area contributed by atoms with E-state index in [-0.39, 0.29) is 5.56 Å². The maximum Gasteiger partial charge on any atom is 0.259 e. The zero-order chi connectivity index (χ0) is 22.8. The molecule has 5 rings (SSSR count). The first-order valence-electron chi connectivity index (χ1n) is 11.3. The summed E-state index contributed by atoms with van der Waals surface area (Å²) in [7, 11) is 0. The van der Waals surface area contributed by atoms with Gasteiger partial charge in [0.2, 0.25) is 5.95 Å². The van der Waals surface area contributed by atoms with Crippen molar-refractivity contribution in [2.45, 2.75) is 33.5 Å². The van der Waals surface area contributed by atoms with E-state index < -0.39 is 0 Å². The Morgan fingerprint density at radius 1 is 0.788 bits per heavy atom. The van der Waals surface area contributed by atoms with E-state index in [4.69, 9.17) is 4.98 Å². The number of aromatic nitrogens is 2. The van der Waals surface area contributed by atoms with Gasteiger partial charge in [0.15, 0.2) is 0 Å². The smallest absolute Gasteiger partial charge is 0.259 e. The fourth-order valence-electron chi connectivity index (χ4n) is 4.39. The van der Waals surface area contributed by atoms with Crippen LogP contribution >= 0.6 is 0 Å². The van der Waals surface area contributed by atoms with Gasteiger partial charge in [0.25, 0.3) is 5.56 Å². The van der Waals surface area contributed by atoms with Crippen molar-refractivity contribution in [3.05, 3.63) is 123 Å². The number of fused-ring (bicyclic) bond motifs is 1. The third-order valence-corrected chi connectivity index (χ3v) is 6.19. The lowest BCUT2D eigenvalue weighted by Crippen LogP contribution is -2.47. The van der Waals surface area contributed by atoms with Gasteiger partial charge >= 0.3 is 0 Å². The second-order valence-corrected chi connectivity index (χ2v) is 8.73. The topological polar surface area (TPSA) is 41.4 Å². The number of anilines is 2. The maximum atomic E-state index is 13.7. The third-order valence-electron chi connectivity index (χ3n) is 6.19. The van der Waals surface area contributed by atoms with E-state index >= 15 is 0 Å². The Bertz CT molecular complexity index is 1300. The highest BCUT2D eigenvalue weighted by molar-refractivity contribution is 5.59. The van der Waals surface area contributed by atoms with Crippen LogP contribution in [0, 0.1) is 13.8 Å². The standard InChI is InChI=1S/C28H28N4O/c1-21-13-15-25(16-14-21)31-19-30(18-24-11-7-4-8-12-24)20-32-27(33)26(22(2)29-28(31)32)17-23-9-5-3-6-10-23/h3-16H,17-20H2,1-2H3. The lowest BCUT2D eigenvalue weighted by atomic mass is 10.1. The van der Waals surface area contributed by atoms with E-state index in [1.54, 1.807) is 0 Å². The Balaban J connectivity index is 1.57. The van der Waals surface area contributed by atoms with E-state index in [0.717, 1.165) is 29.1 Å². The molecule has 5 heteroatoms. The van der Waals surface area contributed by atoms with E-state index in [9.17, 15) is 4.79 Å².